The Labute approximate surface area is 140 Å². The van der Waals surface area contributed by atoms with Gasteiger partial charge in [-0.15, -0.1) is 5.16 Å². The van der Waals surface area contributed by atoms with Gasteiger partial charge in [0.2, 0.25) is 6.79 Å². The van der Waals surface area contributed by atoms with Crippen LogP contribution in [0.2, 0.25) is 0 Å². The molecule has 0 unspecified atom stereocenters. The van der Waals surface area contributed by atoms with Crippen LogP contribution in [0.4, 0.5) is 0 Å². The van der Waals surface area contributed by atoms with Gasteiger partial charge in [-0.1, -0.05) is 12.1 Å². The van der Waals surface area contributed by atoms with E-state index >= 15 is 0 Å². The van der Waals surface area contributed by atoms with Crippen LogP contribution in [0.15, 0.2) is 29.4 Å². The van der Waals surface area contributed by atoms with Crippen LogP contribution in [0.5, 0.6) is 11.5 Å². The van der Waals surface area contributed by atoms with Crippen LogP contribution in [-0.4, -0.2) is 36.2 Å². The summed E-state index contributed by atoms with van der Waals surface area (Å²) in [4.78, 5) is 0. The first kappa shape index (κ1) is 15.5. The highest BCUT2D eigenvalue weighted by Gasteiger charge is 2.46. The highest BCUT2D eigenvalue weighted by molar-refractivity contribution is 5.73. The third-order valence-corrected chi connectivity index (χ3v) is 4.64. The maximum atomic E-state index is 8.72. The second-order valence-corrected chi connectivity index (χ2v) is 6.81. The summed E-state index contributed by atoms with van der Waals surface area (Å²) in [5.41, 5.74) is 2.13. The van der Waals surface area contributed by atoms with Crippen molar-refractivity contribution < 1.29 is 24.2 Å². The molecular formula is C18H21NO5. The Kier molecular flexibility index (Phi) is 3.73. The third-order valence-electron chi connectivity index (χ3n) is 4.64. The first-order valence-corrected chi connectivity index (χ1v) is 8.19. The standard InChI is InChI=1S/C18H21NO5/c1-18(2)23-16-8-11(5-6-19-20)7-13(17(16)24-18)12-3-4-14-15(9-12)22-10-21-14/h3-4,6-7,9,11,16-17,20H,5,8,10H2,1-2H3/b19-6+/t11-,16-,17+/m0/s1. The molecule has 0 radical (unpaired) electrons. The van der Waals surface area contributed by atoms with E-state index in [1.54, 1.807) is 0 Å². The van der Waals surface area contributed by atoms with E-state index in [2.05, 4.69) is 11.2 Å². The molecule has 1 aliphatic carbocycles. The predicted molar refractivity (Wildman–Crippen MR) is 87.4 cm³/mol. The number of nitrogens with zero attached hydrogens (tertiary/aromatic N) is 1. The molecule has 1 aromatic rings. The summed E-state index contributed by atoms with van der Waals surface area (Å²) in [6.45, 7) is 4.13. The Morgan fingerprint density at radius 2 is 2.08 bits per heavy atom. The molecule has 1 saturated heterocycles. The summed E-state index contributed by atoms with van der Waals surface area (Å²) < 4.78 is 23.1. The Bertz CT molecular complexity index is 697. The molecule has 0 amide bonds. The van der Waals surface area contributed by atoms with Crippen molar-refractivity contribution in [3.8, 4) is 11.5 Å². The average Bonchev–Trinajstić information content (AvgIpc) is 3.13. The van der Waals surface area contributed by atoms with Crippen LogP contribution in [0.1, 0.15) is 32.3 Å². The number of oxime groups is 1. The van der Waals surface area contributed by atoms with Crippen molar-refractivity contribution >= 4 is 11.8 Å². The van der Waals surface area contributed by atoms with Crippen molar-refractivity contribution in [2.45, 2.75) is 44.7 Å². The molecule has 6 nitrogen and oxygen atoms in total. The van der Waals surface area contributed by atoms with Crippen LogP contribution >= 0.6 is 0 Å². The van der Waals surface area contributed by atoms with Crippen molar-refractivity contribution in [3.63, 3.8) is 0 Å². The fourth-order valence-electron chi connectivity index (χ4n) is 3.67. The molecule has 1 aromatic carbocycles. The quantitative estimate of drug-likeness (QED) is 0.523. The van der Waals surface area contributed by atoms with Gasteiger partial charge in [0.05, 0.1) is 6.10 Å². The van der Waals surface area contributed by atoms with Crippen molar-refractivity contribution in [1.82, 2.24) is 0 Å². The Morgan fingerprint density at radius 1 is 1.25 bits per heavy atom. The predicted octanol–water partition coefficient (Wildman–Crippen LogP) is 3.19. The summed E-state index contributed by atoms with van der Waals surface area (Å²) in [5, 5.41) is 11.8. The molecule has 0 aromatic heterocycles. The minimum absolute atomic E-state index is 0.0116. The van der Waals surface area contributed by atoms with Crippen molar-refractivity contribution in [3.05, 3.63) is 29.8 Å². The average molecular weight is 331 g/mol. The zero-order valence-electron chi connectivity index (χ0n) is 13.8. The second-order valence-electron chi connectivity index (χ2n) is 6.81. The molecule has 3 aliphatic rings. The fourth-order valence-corrected chi connectivity index (χ4v) is 3.67. The molecule has 3 atom stereocenters. The zero-order valence-corrected chi connectivity index (χ0v) is 13.8. The van der Waals surface area contributed by atoms with E-state index in [4.69, 9.17) is 24.2 Å². The smallest absolute Gasteiger partial charge is 0.231 e. The molecule has 0 bridgehead atoms. The van der Waals surface area contributed by atoms with E-state index in [0.717, 1.165) is 29.1 Å². The molecule has 6 heteroatoms. The SMILES string of the molecule is CC1(C)O[C@H]2C[C@@H](C/C=N/O)C=C(c3ccc4c(c3)OCO4)[C@H]2O1. The largest absolute Gasteiger partial charge is 0.454 e. The van der Waals surface area contributed by atoms with Gasteiger partial charge in [0, 0.05) is 6.21 Å². The summed E-state index contributed by atoms with van der Waals surface area (Å²) in [6.07, 6.45) is 5.11. The number of rotatable bonds is 3. The molecule has 4 rings (SSSR count). The van der Waals surface area contributed by atoms with Gasteiger partial charge < -0.3 is 24.2 Å². The van der Waals surface area contributed by atoms with E-state index in [-0.39, 0.29) is 24.9 Å². The highest BCUT2D eigenvalue weighted by Crippen LogP contribution is 2.44. The fraction of sp³-hybridized carbons (Fsp3) is 0.500. The van der Waals surface area contributed by atoms with E-state index in [0.29, 0.717) is 6.42 Å². The summed E-state index contributed by atoms with van der Waals surface area (Å²) in [5.74, 6) is 1.15. The number of fused-ring (bicyclic) bond motifs is 2. The Balaban J connectivity index is 1.70. The van der Waals surface area contributed by atoms with Gasteiger partial charge in [0.15, 0.2) is 17.3 Å². The number of allylic oxidation sites excluding steroid dienone is 1. The minimum Gasteiger partial charge on any atom is -0.454 e. The van der Waals surface area contributed by atoms with Crippen LogP contribution in [0.25, 0.3) is 5.57 Å². The molecular weight excluding hydrogens is 310 g/mol. The van der Waals surface area contributed by atoms with Crippen LogP contribution < -0.4 is 9.47 Å². The monoisotopic (exact) mass is 331 g/mol. The molecule has 2 heterocycles. The highest BCUT2D eigenvalue weighted by atomic mass is 16.8. The molecule has 1 fully saturated rings. The van der Waals surface area contributed by atoms with E-state index in [1.165, 1.54) is 6.21 Å². The topological polar surface area (TPSA) is 69.5 Å². The summed E-state index contributed by atoms with van der Waals surface area (Å²) in [7, 11) is 0. The first-order chi connectivity index (χ1) is 11.6. The van der Waals surface area contributed by atoms with Gasteiger partial charge in [0.1, 0.15) is 6.10 Å². The minimum atomic E-state index is -0.606. The lowest BCUT2D eigenvalue weighted by Crippen LogP contribution is -2.31. The number of hydrogen-bond acceptors (Lipinski definition) is 6. The van der Waals surface area contributed by atoms with Gasteiger partial charge in [-0.2, -0.15) is 0 Å². The van der Waals surface area contributed by atoms with Crippen molar-refractivity contribution in [2.24, 2.45) is 11.1 Å². The molecule has 2 aliphatic heterocycles. The maximum absolute atomic E-state index is 8.72. The molecule has 0 spiro atoms. The van der Waals surface area contributed by atoms with Gasteiger partial charge in [-0.05, 0) is 55.9 Å². The zero-order chi connectivity index (χ0) is 16.7. The molecule has 128 valence electrons. The van der Waals surface area contributed by atoms with Crippen molar-refractivity contribution in [2.75, 3.05) is 6.79 Å². The lowest BCUT2D eigenvalue weighted by atomic mass is 9.82. The molecule has 24 heavy (non-hydrogen) atoms. The lowest BCUT2D eigenvalue weighted by Gasteiger charge is -2.29. The van der Waals surface area contributed by atoms with E-state index < -0.39 is 5.79 Å². The number of hydrogen-bond donors (Lipinski definition) is 1. The number of ether oxygens (including phenoxy) is 4. The van der Waals surface area contributed by atoms with Crippen LogP contribution in [-0.2, 0) is 9.47 Å². The lowest BCUT2D eigenvalue weighted by molar-refractivity contribution is -0.142. The number of benzene rings is 1. The van der Waals surface area contributed by atoms with Gasteiger partial charge in [0.25, 0.3) is 0 Å². The van der Waals surface area contributed by atoms with Crippen molar-refractivity contribution in [1.29, 1.82) is 0 Å². The van der Waals surface area contributed by atoms with Gasteiger partial charge >= 0.3 is 0 Å². The maximum Gasteiger partial charge on any atom is 0.231 e. The Hall–Kier alpha value is -2.05. The Morgan fingerprint density at radius 3 is 2.92 bits per heavy atom. The molecule has 0 saturated carbocycles. The van der Waals surface area contributed by atoms with Gasteiger partial charge in [-0.25, -0.2) is 0 Å². The van der Waals surface area contributed by atoms with Crippen LogP contribution in [0.3, 0.4) is 0 Å². The third kappa shape index (κ3) is 2.76. The van der Waals surface area contributed by atoms with Gasteiger partial charge in [-0.3, -0.25) is 0 Å². The summed E-state index contributed by atoms with van der Waals surface area (Å²) >= 11 is 0. The molecule has 1 N–H and O–H groups in total. The van der Waals surface area contributed by atoms with Crippen LogP contribution in [0, 0.1) is 5.92 Å². The first-order valence-electron chi connectivity index (χ1n) is 8.19. The normalized spacial score (nSPS) is 30.4. The van der Waals surface area contributed by atoms with E-state index in [1.807, 2.05) is 32.0 Å². The second kappa shape index (κ2) is 5.79. The summed E-state index contributed by atoms with van der Waals surface area (Å²) in [6, 6.07) is 5.93. The van der Waals surface area contributed by atoms with E-state index in [9.17, 15) is 0 Å².